The van der Waals surface area contributed by atoms with E-state index in [2.05, 4.69) is 31.9 Å². The van der Waals surface area contributed by atoms with Crippen LogP contribution in [0.25, 0.3) is 32.9 Å². The van der Waals surface area contributed by atoms with Gasteiger partial charge in [-0.2, -0.15) is 5.26 Å². The number of carbonyl (C=O) groups is 1. The van der Waals surface area contributed by atoms with Crippen LogP contribution in [-0.2, 0) is 22.6 Å². The molecule has 0 unspecified atom stereocenters. The van der Waals surface area contributed by atoms with E-state index in [1.807, 2.05) is 25.3 Å². The van der Waals surface area contributed by atoms with Crippen LogP contribution in [0.4, 0.5) is 4.39 Å². The molecule has 2 aliphatic carbocycles. The lowest BCUT2D eigenvalue weighted by Gasteiger charge is -2.39. The lowest BCUT2D eigenvalue weighted by Crippen LogP contribution is -2.41. The Hall–Kier alpha value is -3.59. The molecule has 2 aromatic carbocycles. The molecule has 262 valence electrons. The highest BCUT2D eigenvalue weighted by Gasteiger charge is 2.51. The van der Waals surface area contributed by atoms with E-state index in [-0.39, 0.29) is 53.0 Å². The lowest BCUT2D eigenvalue weighted by atomic mass is 9.79. The number of hydrogen-bond acceptors (Lipinski definition) is 7. The zero-order chi connectivity index (χ0) is 35.1. The van der Waals surface area contributed by atoms with E-state index in [1.165, 1.54) is 0 Å². The van der Waals surface area contributed by atoms with Gasteiger partial charge in [-0.25, -0.2) is 14.4 Å². The van der Waals surface area contributed by atoms with Gasteiger partial charge in [0, 0.05) is 82.3 Å². The smallest absolute Gasteiger partial charge is 0.226 e. The topological polar surface area (TPSA) is 96.1 Å². The van der Waals surface area contributed by atoms with Crippen molar-refractivity contribution in [3.63, 3.8) is 0 Å². The van der Waals surface area contributed by atoms with E-state index in [0.717, 1.165) is 53.1 Å². The van der Waals surface area contributed by atoms with Gasteiger partial charge in [0.15, 0.2) is 5.82 Å². The first-order valence-corrected chi connectivity index (χ1v) is 19.4. The molecule has 6 heterocycles. The highest BCUT2D eigenvalue weighted by molar-refractivity contribution is 7.09. The molecule has 0 spiro atoms. The molecule has 1 N–H and O–H groups in total. The molecular weight excluding hydrogens is 706 g/mol. The van der Waals surface area contributed by atoms with E-state index >= 15 is 4.39 Å². The van der Waals surface area contributed by atoms with Crippen LogP contribution in [0.5, 0.6) is 0 Å². The summed E-state index contributed by atoms with van der Waals surface area (Å²) < 4.78 is 26.1. The maximum Gasteiger partial charge on any atom is 0.226 e. The van der Waals surface area contributed by atoms with Gasteiger partial charge in [-0.15, -0.1) is 11.3 Å². The number of aryl methyl sites for hydroxylation is 3. The van der Waals surface area contributed by atoms with Gasteiger partial charge in [0.25, 0.3) is 0 Å². The van der Waals surface area contributed by atoms with Gasteiger partial charge in [0.05, 0.1) is 46.4 Å². The number of fused-ring (bicyclic) bond motifs is 4. The van der Waals surface area contributed by atoms with Gasteiger partial charge in [-0.1, -0.05) is 35.3 Å². The second-order valence-electron chi connectivity index (χ2n) is 14.6. The molecule has 10 rings (SSSR count). The number of carbonyl (C=O) groups excluding carboxylic acids is 1. The van der Waals surface area contributed by atoms with Gasteiger partial charge in [0.1, 0.15) is 10.5 Å². The fourth-order valence-corrected chi connectivity index (χ4v) is 9.85. The van der Waals surface area contributed by atoms with Crippen molar-refractivity contribution in [1.82, 2.24) is 24.8 Å². The van der Waals surface area contributed by atoms with Crippen LogP contribution in [-0.4, -0.2) is 50.6 Å². The summed E-state index contributed by atoms with van der Waals surface area (Å²) in [6.07, 6.45) is 4.00. The molecule has 0 radical (unpaired) electrons. The number of nitriles is 1. The zero-order valence-corrected chi connectivity index (χ0v) is 30.7. The summed E-state index contributed by atoms with van der Waals surface area (Å²) >= 11 is 14.7. The van der Waals surface area contributed by atoms with Gasteiger partial charge >= 0.3 is 0 Å². The summed E-state index contributed by atoms with van der Waals surface area (Å²) in [5.74, 6) is 0.200. The van der Waals surface area contributed by atoms with Crippen LogP contribution < -0.4 is 5.32 Å². The Kier molecular flexibility index (Phi) is 8.36. The van der Waals surface area contributed by atoms with Crippen molar-refractivity contribution in [1.29, 1.82) is 5.26 Å². The van der Waals surface area contributed by atoms with Gasteiger partial charge in [0.2, 0.25) is 5.91 Å². The van der Waals surface area contributed by atoms with Crippen molar-refractivity contribution >= 4 is 62.3 Å². The standard InChI is InChI=1S/C39H37Cl2FN6O2S/c1-19-18-51-32(45-19)17-50-24-13-30(47(16-24)39(49)21-8-9-21)31-14-26-20(2)46-36-27(38(26)48(31)37-23-12-29(37)44-15-23)11-22(5-4-10-43)33(35(36)42)25-6-3-7-28(40)34(25)41/h3,6-7,11,14,18,21,23-24,29-30,37,44H,4-5,8-9,12-13,15-17H2,1-2H3/t23-,24+,29-,30-,37+/m1/s1. The fraction of sp³-hybridized carbons (Fsp3) is 0.436. The maximum atomic E-state index is 17.2. The maximum absolute atomic E-state index is 17.2. The first-order valence-electron chi connectivity index (χ1n) is 17.8. The first kappa shape index (κ1) is 33.3. The van der Waals surface area contributed by atoms with Crippen molar-refractivity contribution < 1.29 is 13.9 Å². The Bertz CT molecular complexity index is 2260. The molecule has 2 bridgehead atoms. The van der Waals surface area contributed by atoms with Crippen LogP contribution in [0, 0.1) is 42.8 Å². The average molecular weight is 744 g/mol. The molecule has 3 saturated heterocycles. The third-order valence-electron chi connectivity index (χ3n) is 11.4. The number of likely N-dealkylation sites (tertiary alicyclic amines) is 1. The number of pyridine rings is 1. The van der Waals surface area contributed by atoms with Gasteiger partial charge in [-0.05, 0) is 69.2 Å². The van der Waals surface area contributed by atoms with E-state index in [0.29, 0.717) is 64.7 Å². The van der Waals surface area contributed by atoms with E-state index in [9.17, 15) is 10.1 Å². The lowest BCUT2D eigenvalue weighted by molar-refractivity contribution is -0.134. The van der Waals surface area contributed by atoms with E-state index < -0.39 is 5.82 Å². The Labute approximate surface area is 309 Å². The van der Waals surface area contributed by atoms with Crippen molar-refractivity contribution in [2.75, 3.05) is 13.1 Å². The van der Waals surface area contributed by atoms with Crippen LogP contribution >= 0.6 is 34.5 Å². The largest absolute Gasteiger partial charge is 0.369 e. The predicted molar refractivity (Wildman–Crippen MR) is 197 cm³/mol. The molecule has 5 fully saturated rings. The SMILES string of the molecule is Cc1csc(CO[C@H]2C[C@H](c3cc4c(C)nc5c(F)c(-c6cccc(Cl)c6Cl)c(CCC#N)cc5c4n3[C@H]3[C@H]4CN[C@@H]3C4)N(C(=O)C3CC3)C2)n1. The van der Waals surface area contributed by atoms with Crippen LogP contribution in [0.1, 0.15) is 71.8 Å². The van der Waals surface area contributed by atoms with Crippen molar-refractivity contribution in [3.05, 3.63) is 79.2 Å². The molecule has 2 saturated carbocycles. The number of rotatable bonds is 9. The molecular formula is C39H37Cl2FN6O2S. The molecule has 5 atom stereocenters. The van der Waals surface area contributed by atoms with E-state index in [1.54, 1.807) is 29.5 Å². The second kappa shape index (κ2) is 12.8. The summed E-state index contributed by atoms with van der Waals surface area (Å²) in [6.45, 7) is 5.77. The summed E-state index contributed by atoms with van der Waals surface area (Å²) in [6, 6.07) is 11.9. The number of hydrogen-bond donors (Lipinski definition) is 1. The Morgan fingerprint density at radius 2 is 2.02 bits per heavy atom. The number of thiazole rings is 1. The minimum atomic E-state index is -0.476. The number of aromatic nitrogens is 3. The first-order chi connectivity index (χ1) is 24.7. The third kappa shape index (κ3) is 5.55. The molecule has 3 aliphatic heterocycles. The molecule has 1 amide bonds. The van der Waals surface area contributed by atoms with Crippen molar-refractivity contribution in [2.45, 2.75) is 83.2 Å². The van der Waals surface area contributed by atoms with Crippen molar-refractivity contribution in [2.24, 2.45) is 11.8 Å². The highest BCUT2D eigenvalue weighted by Crippen LogP contribution is 2.51. The highest BCUT2D eigenvalue weighted by atomic mass is 35.5. The summed E-state index contributed by atoms with van der Waals surface area (Å²) in [7, 11) is 0. The Balaban J connectivity index is 1.23. The van der Waals surface area contributed by atoms with E-state index in [4.69, 9.17) is 32.9 Å². The molecule has 8 nitrogen and oxygen atoms in total. The number of nitrogens with zero attached hydrogens (tertiary/aromatic N) is 5. The fourth-order valence-electron chi connectivity index (χ4n) is 8.76. The van der Waals surface area contributed by atoms with Gasteiger partial charge < -0.3 is 19.5 Å². The molecule has 5 aliphatic rings. The number of benzene rings is 2. The van der Waals surface area contributed by atoms with Crippen molar-refractivity contribution in [3.8, 4) is 17.2 Å². The predicted octanol–water partition coefficient (Wildman–Crippen LogP) is 8.63. The normalized spacial score (nSPS) is 24.1. The van der Waals surface area contributed by atoms with Crippen LogP contribution in [0.15, 0.2) is 35.7 Å². The molecule has 5 aromatic rings. The minimum Gasteiger partial charge on any atom is -0.369 e. The number of ether oxygens (including phenoxy) is 1. The van der Waals surface area contributed by atoms with Gasteiger partial charge in [-0.3, -0.25) is 4.79 Å². The summed E-state index contributed by atoms with van der Waals surface area (Å²) in [4.78, 5) is 25.5. The number of halogens is 3. The van der Waals surface area contributed by atoms with Crippen LogP contribution in [0.2, 0.25) is 10.0 Å². The molecule has 51 heavy (non-hydrogen) atoms. The monoisotopic (exact) mass is 742 g/mol. The Morgan fingerprint density at radius 1 is 1.18 bits per heavy atom. The number of amides is 1. The second-order valence-corrected chi connectivity index (χ2v) is 16.3. The molecule has 12 heteroatoms. The summed E-state index contributed by atoms with van der Waals surface area (Å²) in [5.41, 5.74) is 5.42. The quantitative estimate of drug-likeness (QED) is 0.163. The summed E-state index contributed by atoms with van der Waals surface area (Å²) in [5, 5.41) is 18.5. The Morgan fingerprint density at radius 3 is 2.73 bits per heavy atom. The average Bonchev–Trinajstić information content (AvgIpc) is 3.55. The minimum absolute atomic E-state index is 0.0602. The molecule has 3 aromatic heterocycles. The van der Waals surface area contributed by atoms with Crippen LogP contribution in [0.3, 0.4) is 0 Å². The zero-order valence-electron chi connectivity index (χ0n) is 28.4. The third-order valence-corrected chi connectivity index (χ3v) is 13.1. The number of nitrogens with one attached hydrogen (secondary N) is 1.